The predicted octanol–water partition coefficient (Wildman–Crippen LogP) is 7.98. The van der Waals surface area contributed by atoms with Crippen molar-refractivity contribution < 1.29 is 35.9 Å². The lowest BCUT2D eigenvalue weighted by atomic mass is 9.76. The lowest BCUT2D eigenvalue weighted by Crippen LogP contribution is -2.40. The molecule has 0 bridgehead atoms. The second kappa shape index (κ2) is 15.5. The largest absolute Gasteiger partial charge is 0.416 e. The van der Waals surface area contributed by atoms with Gasteiger partial charge in [-0.25, -0.2) is 4.98 Å². The molecular weight excluding hydrogens is 684 g/mol. The molecule has 0 N–H and O–H groups in total. The normalized spacial score (nSPS) is 19.2. The van der Waals surface area contributed by atoms with Crippen LogP contribution in [0.2, 0.25) is 0 Å². The summed E-state index contributed by atoms with van der Waals surface area (Å²) in [6.45, 7) is 9.71. The number of aromatic nitrogens is 2. The van der Waals surface area contributed by atoms with Crippen LogP contribution in [0.4, 0.5) is 32.3 Å². The van der Waals surface area contributed by atoms with E-state index in [-0.39, 0.29) is 24.0 Å². The van der Waals surface area contributed by atoms with Gasteiger partial charge in [-0.15, -0.1) is 0 Å². The average Bonchev–Trinajstić information content (AvgIpc) is 3.50. The Labute approximate surface area is 300 Å². The minimum absolute atomic E-state index is 0.138. The van der Waals surface area contributed by atoms with Gasteiger partial charge >= 0.3 is 12.4 Å². The highest BCUT2D eigenvalue weighted by Crippen LogP contribution is 2.43. The van der Waals surface area contributed by atoms with Gasteiger partial charge in [0, 0.05) is 45.9 Å². The van der Waals surface area contributed by atoms with Crippen molar-refractivity contribution in [3.05, 3.63) is 94.5 Å². The zero-order chi connectivity index (χ0) is 37.1. The minimum Gasteiger partial charge on any atom is -0.380 e. The van der Waals surface area contributed by atoms with E-state index in [0.717, 1.165) is 59.8 Å². The Balaban J connectivity index is 1.24. The third kappa shape index (κ3) is 8.41. The summed E-state index contributed by atoms with van der Waals surface area (Å²) in [4.78, 5) is 25.5. The standard InChI is InChI=1S/C39H45F6N5O2/c1-3-52-22-21-50-34-12-7-6-11-33(34)46-36(50)48-16-8-15-47(19-20-48)17-13-37(14-18-49(35(37)51)27-30-10-5-4-9-28(30)2)26-29-23-31(38(40,41)42)25-32(24-29)39(43,44)45/h4-7,9-12,23-25H,3,8,13-22,26-27H2,1-2H3. The zero-order valence-electron chi connectivity index (χ0n) is 29.6. The number of carbonyl (C=O) groups is 1. The van der Waals surface area contributed by atoms with E-state index in [4.69, 9.17) is 9.72 Å². The molecule has 2 aliphatic rings. The van der Waals surface area contributed by atoms with E-state index < -0.39 is 28.9 Å². The van der Waals surface area contributed by atoms with Gasteiger partial charge in [0.1, 0.15) is 0 Å². The number of rotatable bonds is 12. The first-order valence-corrected chi connectivity index (χ1v) is 17.9. The fourth-order valence-corrected chi connectivity index (χ4v) is 7.62. The molecule has 6 rings (SSSR count). The maximum atomic E-state index is 14.4. The Bertz CT molecular complexity index is 1820. The number of anilines is 1. The molecule has 7 nitrogen and oxygen atoms in total. The second-order valence-electron chi connectivity index (χ2n) is 14.0. The summed E-state index contributed by atoms with van der Waals surface area (Å²) < 4.78 is 90.9. The van der Waals surface area contributed by atoms with Crippen molar-refractivity contribution in [2.24, 2.45) is 5.41 Å². The first-order chi connectivity index (χ1) is 24.8. The zero-order valence-corrected chi connectivity index (χ0v) is 29.6. The Hall–Kier alpha value is -4.10. The summed E-state index contributed by atoms with van der Waals surface area (Å²) in [6, 6.07) is 17.3. The molecule has 0 spiro atoms. The van der Waals surface area contributed by atoms with Crippen molar-refractivity contribution in [1.82, 2.24) is 19.4 Å². The molecule has 1 unspecified atom stereocenters. The Morgan fingerprint density at radius 2 is 1.56 bits per heavy atom. The van der Waals surface area contributed by atoms with Crippen LogP contribution in [-0.4, -0.2) is 77.7 Å². The third-order valence-electron chi connectivity index (χ3n) is 10.5. The lowest BCUT2D eigenvalue weighted by Gasteiger charge is -2.32. The highest BCUT2D eigenvalue weighted by atomic mass is 19.4. The van der Waals surface area contributed by atoms with E-state index >= 15 is 0 Å². The molecule has 1 atom stereocenters. The number of hydrogen-bond donors (Lipinski definition) is 0. The van der Waals surface area contributed by atoms with E-state index in [9.17, 15) is 31.1 Å². The fraction of sp³-hybridized carbons (Fsp3) is 0.487. The van der Waals surface area contributed by atoms with Gasteiger partial charge in [0.25, 0.3) is 0 Å². The fourth-order valence-electron chi connectivity index (χ4n) is 7.62. The number of para-hydroxylation sites is 2. The van der Waals surface area contributed by atoms with Crippen LogP contribution in [0.3, 0.4) is 0 Å². The summed E-state index contributed by atoms with van der Waals surface area (Å²) in [5.41, 5.74) is -0.153. The number of imidazole rings is 1. The van der Waals surface area contributed by atoms with Crippen LogP contribution in [0.5, 0.6) is 0 Å². The number of aryl methyl sites for hydroxylation is 1. The van der Waals surface area contributed by atoms with Crippen molar-refractivity contribution in [3.8, 4) is 0 Å². The molecule has 2 aliphatic heterocycles. The molecule has 4 aromatic rings. The molecule has 3 aromatic carbocycles. The minimum atomic E-state index is -4.97. The van der Waals surface area contributed by atoms with Gasteiger partial charge in [0.15, 0.2) is 0 Å². The molecule has 0 radical (unpaired) electrons. The maximum Gasteiger partial charge on any atom is 0.416 e. The van der Waals surface area contributed by atoms with Crippen LogP contribution >= 0.6 is 0 Å². The molecule has 13 heteroatoms. The van der Waals surface area contributed by atoms with Gasteiger partial charge in [-0.05, 0) is 99.6 Å². The molecule has 0 aliphatic carbocycles. The summed E-state index contributed by atoms with van der Waals surface area (Å²) in [7, 11) is 0. The van der Waals surface area contributed by atoms with Gasteiger partial charge in [-0.3, -0.25) is 4.79 Å². The molecule has 0 saturated carbocycles. The molecule has 52 heavy (non-hydrogen) atoms. The highest BCUT2D eigenvalue weighted by Gasteiger charge is 2.47. The predicted molar refractivity (Wildman–Crippen MR) is 188 cm³/mol. The summed E-state index contributed by atoms with van der Waals surface area (Å²) >= 11 is 0. The number of likely N-dealkylation sites (tertiary alicyclic amines) is 1. The second-order valence-corrected chi connectivity index (χ2v) is 14.0. The van der Waals surface area contributed by atoms with Crippen molar-refractivity contribution in [3.63, 3.8) is 0 Å². The highest BCUT2D eigenvalue weighted by molar-refractivity contribution is 5.85. The van der Waals surface area contributed by atoms with Crippen LogP contribution in [-0.2, 0) is 41.4 Å². The molecular formula is C39H45F6N5O2. The van der Waals surface area contributed by atoms with Crippen LogP contribution in [0.1, 0.15) is 54.0 Å². The number of nitrogens with zero attached hydrogens (tertiary/aromatic N) is 5. The van der Waals surface area contributed by atoms with Gasteiger partial charge in [-0.1, -0.05) is 36.4 Å². The van der Waals surface area contributed by atoms with Gasteiger partial charge < -0.3 is 24.0 Å². The van der Waals surface area contributed by atoms with E-state index in [2.05, 4.69) is 14.4 Å². The van der Waals surface area contributed by atoms with Gasteiger partial charge in [0.05, 0.1) is 34.2 Å². The van der Waals surface area contributed by atoms with Crippen molar-refractivity contribution in [2.45, 2.75) is 65.0 Å². The van der Waals surface area contributed by atoms with Crippen LogP contribution in [0, 0.1) is 12.3 Å². The number of halogens is 6. The summed E-state index contributed by atoms with van der Waals surface area (Å²) in [5.74, 6) is 0.628. The number of ether oxygens (including phenoxy) is 1. The average molecular weight is 730 g/mol. The first-order valence-electron chi connectivity index (χ1n) is 17.9. The number of amides is 1. The van der Waals surface area contributed by atoms with E-state index in [1.54, 1.807) is 4.90 Å². The van der Waals surface area contributed by atoms with Crippen molar-refractivity contribution >= 4 is 22.9 Å². The Morgan fingerprint density at radius 1 is 0.846 bits per heavy atom. The topological polar surface area (TPSA) is 53.8 Å². The van der Waals surface area contributed by atoms with E-state index in [0.29, 0.717) is 65.3 Å². The number of carbonyl (C=O) groups excluding carboxylic acids is 1. The molecule has 1 aromatic heterocycles. The number of fused-ring (bicyclic) bond motifs is 1. The molecule has 2 saturated heterocycles. The molecule has 280 valence electrons. The lowest BCUT2D eigenvalue weighted by molar-refractivity contribution is -0.143. The van der Waals surface area contributed by atoms with Crippen LogP contribution < -0.4 is 4.90 Å². The summed E-state index contributed by atoms with van der Waals surface area (Å²) in [6.07, 6.45) is -8.70. The third-order valence-corrected chi connectivity index (χ3v) is 10.5. The number of benzene rings is 3. The van der Waals surface area contributed by atoms with Gasteiger partial charge in [0.2, 0.25) is 11.9 Å². The SMILES string of the molecule is CCOCCn1c(N2CCCN(CCC3(Cc4cc(C(F)(F)F)cc(C(F)(F)F)c4)CCN(Cc4ccccc4C)C3=O)CC2)nc2ccccc21. The van der Waals surface area contributed by atoms with Crippen molar-refractivity contribution in [2.75, 3.05) is 57.4 Å². The summed E-state index contributed by atoms with van der Waals surface area (Å²) in [5, 5.41) is 0. The van der Waals surface area contributed by atoms with Gasteiger partial charge in [-0.2, -0.15) is 26.3 Å². The molecule has 2 fully saturated rings. The van der Waals surface area contributed by atoms with Crippen molar-refractivity contribution in [1.29, 1.82) is 0 Å². The number of hydrogen-bond acceptors (Lipinski definition) is 5. The Kier molecular flexibility index (Phi) is 11.2. The monoisotopic (exact) mass is 729 g/mol. The van der Waals surface area contributed by atoms with E-state index in [1.165, 1.54) is 0 Å². The van der Waals surface area contributed by atoms with Crippen LogP contribution in [0.15, 0.2) is 66.7 Å². The number of alkyl halides is 6. The first kappa shape index (κ1) is 37.7. The molecule has 3 heterocycles. The Morgan fingerprint density at radius 3 is 2.27 bits per heavy atom. The smallest absolute Gasteiger partial charge is 0.380 e. The quantitative estimate of drug-likeness (QED) is 0.109. The molecule has 1 amide bonds. The maximum absolute atomic E-state index is 14.4. The van der Waals surface area contributed by atoms with E-state index in [1.807, 2.05) is 62.4 Å². The van der Waals surface area contributed by atoms with Crippen LogP contribution in [0.25, 0.3) is 11.0 Å².